The number of ether oxygens (including phenoxy) is 2. The molecular weight excluding hydrogens is 386 g/mol. The molecular formula is C22H29N3O5. The second kappa shape index (κ2) is 9.38. The molecule has 0 unspecified atom stereocenters. The van der Waals surface area contributed by atoms with Gasteiger partial charge in [0.1, 0.15) is 11.4 Å². The van der Waals surface area contributed by atoms with Gasteiger partial charge in [-0.3, -0.25) is 9.63 Å². The van der Waals surface area contributed by atoms with Gasteiger partial charge in [-0.25, -0.2) is 10.3 Å². The SMILES string of the molecule is O=C(NCC1CC1)OC1=CC2(CCN(C(=O)CCCOc3ccccc3)CC2)ON1. The highest BCUT2D eigenvalue weighted by Gasteiger charge is 2.40. The monoisotopic (exact) mass is 415 g/mol. The Bertz CT molecular complexity index is 770. The van der Waals surface area contributed by atoms with E-state index in [0.717, 1.165) is 5.75 Å². The first-order chi connectivity index (χ1) is 14.6. The summed E-state index contributed by atoms with van der Waals surface area (Å²) in [4.78, 5) is 31.9. The molecule has 2 N–H and O–H groups in total. The number of carbonyl (C=O) groups excluding carboxylic acids is 2. The number of likely N-dealkylation sites (tertiary alicyclic amines) is 1. The number of amides is 2. The predicted octanol–water partition coefficient (Wildman–Crippen LogP) is 2.72. The first-order valence-electron chi connectivity index (χ1n) is 10.7. The molecule has 8 nitrogen and oxygen atoms in total. The Balaban J connectivity index is 1.15. The molecule has 0 bridgehead atoms. The van der Waals surface area contributed by atoms with Crippen LogP contribution in [-0.4, -0.2) is 48.7 Å². The number of nitrogens with zero attached hydrogens (tertiary/aromatic N) is 1. The van der Waals surface area contributed by atoms with Gasteiger partial charge in [-0.2, -0.15) is 0 Å². The summed E-state index contributed by atoms with van der Waals surface area (Å²) in [7, 11) is 0. The lowest BCUT2D eigenvalue weighted by Crippen LogP contribution is -2.46. The van der Waals surface area contributed by atoms with E-state index in [2.05, 4.69) is 10.8 Å². The van der Waals surface area contributed by atoms with Crippen LogP contribution >= 0.6 is 0 Å². The van der Waals surface area contributed by atoms with E-state index < -0.39 is 11.7 Å². The Morgan fingerprint density at radius 1 is 1.20 bits per heavy atom. The van der Waals surface area contributed by atoms with Crippen molar-refractivity contribution in [3.63, 3.8) is 0 Å². The molecule has 162 valence electrons. The lowest BCUT2D eigenvalue weighted by atomic mass is 9.91. The third-order valence-electron chi connectivity index (χ3n) is 5.69. The van der Waals surface area contributed by atoms with Gasteiger partial charge < -0.3 is 19.7 Å². The molecule has 2 heterocycles. The van der Waals surface area contributed by atoms with Crippen LogP contribution in [0.4, 0.5) is 4.79 Å². The second-order valence-electron chi connectivity index (χ2n) is 8.14. The minimum atomic E-state index is -0.528. The van der Waals surface area contributed by atoms with Gasteiger partial charge in [0.15, 0.2) is 0 Å². The van der Waals surface area contributed by atoms with E-state index in [9.17, 15) is 9.59 Å². The Morgan fingerprint density at radius 2 is 1.97 bits per heavy atom. The molecule has 4 rings (SSSR count). The number of hydrogen-bond acceptors (Lipinski definition) is 6. The number of hydrogen-bond donors (Lipinski definition) is 2. The van der Waals surface area contributed by atoms with Crippen LogP contribution in [0.2, 0.25) is 0 Å². The van der Waals surface area contributed by atoms with Crippen molar-refractivity contribution in [3.8, 4) is 5.75 Å². The van der Waals surface area contributed by atoms with Crippen molar-refractivity contribution in [2.45, 2.75) is 44.1 Å². The molecule has 2 fully saturated rings. The summed E-state index contributed by atoms with van der Waals surface area (Å²) in [5.41, 5.74) is 2.18. The zero-order chi connectivity index (χ0) is 20.8. The maximum atomic E-state index is 12.5. The Labute approximate surface area is 176 Å². The molecule has 3 aliphatic rings. The molecule has 1 spiro atoms. The van der Waals surface area contributed by atoms with Gasteiger partial charge in [-0.1, -0.05) is 18.2 Å². The summed E-state index contributed by atoms with van der Waals surface area (Å²) in [5.74, 6) is 1.87. The molecule has 2 aliphatic heterocycles. The van der Waals surface area contributed by atoms with Crippen molar-refractivity contribution in [2.75, 3.05) is 26.2 Å². The van der Waals surface area contributed by atoms with Crippen LogP contribution in [0.5, 0.6) is 5.75 Å². The van der Waals surface area contributed by atoms with Crippen LogP contribution in [0.1, 0.15) is 38.5 Å². The zero-order valence-corrected chi connectivity index (χ0v) is 17.1. The van der Waals surface area contributed by atoms with Crippen molar-refractivity contribution in [1.29, 1.82) is 0 Å². The van der Waals surface area contributed by atoms with Crippen LogP contribution in [0.3, 0.4) is 0 Å². The number of benzene rings is 1. The quantitative estimate of drug-likeness (QED) is 0.635. The van der Waals surface area contributed by atoms with E-state index in [-0.39, 0.29) is 5.91 Å². The maximum Gasteiger partial charge on any atom is 0.413 e. The van der Waals surface area contributed by atoms with E-state index in [1.54, 1.807) is 0 Å². The average Bonchev–Trinajstić information content (AvgIpc) is 3.52. The fourth-order valence-corrected chi connectivity index (χ4v) is 3.65. The normalized spacial score (nSPS) is 19.7. The van der Waals surface area contributed by atoms with Crippen LogP contribution in [0, 0.1) is 5.92 Å². The molecule has 0 radical (unpaired) electrons. The standard InChI is InChI=1S/C22H29N3O5/c26-20(7-4-14-28-18-5-2-1-3-6-18)25-12-10-22(11-13-25)15-19(24-30-22)29-21(27)23-16-17-8-9-17/h1-3,5-6,15,17,24H,4,7-14,16H2,(H,23,27). The molecule has 30 heavy (non-hydrogen) atoms. The molecule has 2 amide bonds. The second-order valence-corrected chi connectivity index (χ2v) is 8.14. The summed E-state index contributed by atoms with van der Waals surface area (Å²) in [6, 6.07) is 9.61. The summed E-state index contributed by atoms with van der Waals surface area (Å²) >= 11 is 0. The highest BCUT2D eigenvalue weighted by molar-refractivity contribution is 5.76. The fraction of sp³-hybridized carbons (Fsp3) is 0.545. The smallest absolute Gasteiger partial charge is 0.413 e. The van der Waals surface area contributed by atoms with E-state index in [1.165, 1.54) is 12.8 Å². The predicted molar refractivity (Wildman–Crippen MR) is 109 cm³/mol. The third kappa shape index (κ3) is 5.66. The largest absolute Gasteiger partial charge is 0.494 e. The molecule has 0 aromatic heterocycles. The number of hydroxylamine groups is 1. The van der Waals surface area contributed by atoms with Gasteiger partial charge in [0, 0.05) is 45.0 Å². The van der Waals surface area contributed by atoms with Gasteiger partial charge in [0.2, 0.25) is 11.8 Å². The Morgan fingerprint density at radius 3 is 2.70 bits per heavy atom. The summed E-state index contributed by atoms with van der Waals surface area (Å²) in [5, 5.41) is 2.76. The maximum absolute atomic E-state index is 12.5. The van der Waals surface area contributed by atoms with Crippen molar-refractivity contribution in [1.82, 2.24) is 15.7 Å². The van der Waals surface area contributed by atoms with Gasteiger partial charge >= 0.3 is 6.09 Å². The molecule has 0 atom stereocenters. The van der Waals surface area contributed by atoms with Gasteiger partial charge in [0.05, 0.1) is 6.61 Å². The van der Waals surface area contributed by atoms with Gasteiger partial charge in [-0.05, 0) is 37.3 Å². The highest BCUT2D eigenvalue weighted by Crippen LogP contribution is 2.32. The number of alkyl carbamates (subject to hydrolysis) is 1. The lowest BCUT2D eigenvalue weighted by Gasteiger charge is -2.36. The number of rotatable bonds is 8. The fourth-order valence-electron chi connectivity index (χ4n) is 3.65. The van der Waals surface area contributed by atoms with Crippen molar-refractivity contribution in [3.05, 3.63) is 42.3 Å². The first-order valence-corrected chi connectivity index (χ1v) is 10.7. The van der Waals surface area contributed by atoms with Crippen molar-refractivity contribution in [2.24, 2.45) is 5.92 Å². The Kier molecular flexibility index (Phi) is 6.42. The van der Waals surface area contributed by atoms with Crippen LogP contribution < -0.4 is 15.5 Å². The summed E-state index contributed by atoms with van der Waals surface area (Å²) in [6.45, 7) is 2.40. The Hall–Kier alpha value is -2.74. The van der Waals surface area contributed by atoms with Crippen LogP contribution in [-0.2, 0) is 14.4 Å². The van der Waals surface area contributed by atoms with E-state index in [1.807, 2.05) is 41.3 Å². The van der Waals surface area contributed by atoms with Gasteiger partial charge in [0.25, 0.3) is 0 Å². The molecule has 1 aromatic rings. The lowest BCUT2D eigenvalue weighted by molar-refractivity contribution is -0.137. The van der Waals surface area contributed by atoms with E-state index >= 15 is 0 Å². The highest BCUT2D eigenvalue weighted by atomic mass is 16.7. The van der Waals surface area contributed by atoms with E-state index in [4.69, 9.17) is 14.3 Å². The summed E-state index contributed by atoms with van der Waals surface area (Å²) in [6.07, 6.45) is 6.15. The first kappa shape index (κ1) is 20.5. The van der Waals surface area contributed by atoms with Crippen LogP contribution in [0.15, 0.2) is 42.3 Å². The zero-order valence-electron chi connectivity index (χ0n) is 17.1. The summed E-state index contributed by atoms with van der Waals surface area (Å²) < 4.78 is 10.9. The number of carbonyl (C=O) groups is 2. The van der Waals surface area contributed by atoms with Crippen molar-refractivity contribution >= 4 is 12.0 Å². The molecule has 1 saturated heterocycles. The minimum Gasteiger partial charge on any atom is -0.494 e. The number of piperidine rings is 1. The van der Waals surface area contributed by atoms with Crippen LogP contribution in [0.25, 0.3) is 0 Å². The van der Waals surface area contributed by atoms with E-state index in [0.29, 0.717) is 63.7 Å². The molecule has 8 heteroatoms. The van der Waals surface area contributed by atoms with Crippen molar-refractivity contribution < 1.29 is 23.9 Å². The average molecular weight is 415 g/mol. The molecule has 1 saturated carbocycles. The number of nitrogens with one attached hydrogen (secondary N) is 2. The third-order valence-corrected chi connectivity index (χ3v) is 5.69. The minimum absolute atomic E-state index is 0.132. The topological polar surface area (TPSA) is 89.1 Å². The molecule has 1 aliphatic carbocycles. The van der Waals surface area contributed by atoms with Gasteiger partial charge in [-0.15, -0.1) is 0 Å². The molecule has 1 aromatic carbocycles. The number of para-hydroxylation sites is 1.